The fourth-order valence-electron chi connectivity index (χ4n) is 1.51. The Balaban J connectivity index is 2.57. The standard InChI is InChI=1S/C12H19FN2O3S/c1-2-8-18-9-4-7-15-19(16,17)12-10(13)5-3-6-11(12)14/h3,5-6,15H,2,4,7-9,14H2,1H3. The Hall–Kier alpha value is -1.18. The van der Waals surface area contributed by atoms with Crippen LogP contribution in [-0.2, 0) is 14.8 Å². The first-order valence-electron chi connectivity index (χ1n) is 6.10. The van der Waals surface area contributed by atoms with Gasteiger partial charge in [0.05, 0.1) is 5.69 Å². The number of halogens is 1. The lowest BCUT2D eigenvalue weighted by atomic mass is 10.3. The molecule has 0 bridgehead atoms. The minimum atomic E-state index is -3.92. The van der Waals surface area contributed by atoms with Crippen LogP contribution in [0.3, 0.4) is 0 Å². The summed E-state index contributed by atoms with van der Waals surface area (Å²) in [6, 6.07) is 3.78. The maximum Gasteiger partial charge on any atom is 0.245 e. The van der Waals surface area contributed by atoms with E-state index in [2.05, 4.69) is 4.72 Å². The van der Waals surface area contributed by atoms with E-state index in [1.807, 2.05) is 6.92 Å². The largest absolute Gasteiger partial charge is 0.398 e. The zero-order chi connectivity index (χ0) is 14.3. The first-order chi connectivity index (χ1) is 8.99. The average molecular weight is 290 g/mol. The smallest absolute Gasteiger partial charge is 0.245 e. The van der Waals surface area contributed by atoms with Crippen molar-refractivity contribution < 1.29 is 17.5 Å². The summed E-state index contributed by atoms with van der Waals surface area (Å²) >= 11 is 0. The molecule has 0 fully saturated rings. The zero-order valence-corrected chi connectivity index (χ0v) is 11.7. The summed E-state index contributed by atoms with van der Waals surface area (Å²) in [6.45, 7) is 3.28. The molecule has 0 atom stereocenters. The Kier molecular flexibility index (Phi) is 6.20. The van der Waals surface area contributed by atoms with Crippen molar-refractivity contribution in [3.8, 4) is 0 Å². The molecule has 0 heterocycles. The van der Waals surface area contributed by atoms with E-state index in [-0.39, 0.29) is 12.2 Å². The maximum atomic E-state index is 13.5. The molecule has 1 rings (SSSR count). The molecule has 0 spiro atoms. The van der Waals surface area contributed by atoms with Crippen LogP contribution in [0, 0.1) is 5.82 Å². The minimum Gasteiger partial charge on any atom is -0.398 e. The molecule has 5 nitrogen and oxygen atoms in total. The number of nitrogens with two attached hydrogens (primary N) is 1. The molecule has 0 aromatic heterocycles. The number of nitrogen functional groups attached to an aromatic ring is 1. The van der Waals surface area contributed by atoms with Gasteiger partial charge in [-0.25, -0.2) is 17.5 Å². The Morgan fingerprint density at radius 3 is 2.74 bits per heavy atom. The van der Waals surface area contributed by atoms with E-state index in [0.29, 0.717) is 19.6 Å². The number of benzene rings is 1. The van der Waals surface area contributed by atoms with Crippen LogP contribution >= 0.6 is 0 Å². The summed E-state index contributed by atoms with van der Waals surface area (Å²) in [4.78, 5) is -0.496. The number of hydrogen-bond donors (Lipinski definition) is 2. The summed E-state index contributed by atoms with van der Waals surface area (Å²) in [5.74, 6) is -0.852. The molecule has 0 aliphatic heterocycles. The number of nitrogens with one attached hydrogen (secondary N) is 1. The van der Waals surface area contributed by atoms with Gasteiger partial charge in [0.1, 0.15) is 10.7 Å². The molecule has 0 unspecified atom stereocenters. The lowest BCUT2D eigenvalue weighted by molar-refractivity contribution is 0.133. The van der Waals surface area contributed by atoms with E-state index < -0.39 is 20.7 Å². The van der Waals surface area contributed by atoms with Crippen LogP contribution < -0.4 is 10.5 Å². The summed E-state index contributed by atoms with van der Waals surface area (Å²) < 4.78 is 44.8. The second-order valence-corrected chi connectivity index (χ2v) is 5.73. The molecule has 0 aliphatic rings. The Morgan fingerprint density at radius 1 is 1.37 bits per heavy atom. The molecule has 19 heavy (non-hydrogen) atoms. The van der Waals surface area contributed by atoms with Gasteiger partial charge in [-0.3, -0.25) is 0 Å². The quantitative estimate of drug-likeness (QED) is 0.561. The molecule has 0 saturated heterocycles. The van der Waals surface area contributed by atoms with Crippen LogP contribution in [0.15, 0.2) is 23.1 Å². The number of hydrogen-bond acceptors (Lipinski definition) is 4. The maximum absolute atomic E-state index is 13.5. The van der Waals surface area contributed by atoms with Crippen molar-refractivity contribution >= 4 is 15.7 Å². The molecular formula is C12H19FN2O3S. The highest BCUT2D eigenvalue weighted by atomic mass is 32.2. The van der Waals surface area contributed by atoms with Crippen molar-refractivity contribution in [1.82, 2.24) is 4.72 Å². The lowest BCUT2D eigenvalue weighted by Crippen LogP contribution is -2.27. The van der Waals surface area contributed by atoms with E-state index in [1.54, 1.807) is 0 Å². The third-order valence-corrected chi connectivity index (χ3v) is 3.92. The van der Waals surface area contributed by atoms with Gasteiger partial charge >= 0.3 is 0 Å². The first-order valence-corrected chi connectivity index (χ1v) is 7.58. The van der Waals surface area contributed by atoms with Gasteiger partial charge in [-0.15, -0.1) is 0 Å². The van der Waals surface area contributed by atoms with Gasteiger partial charge in [-0.05, 0) is 25.0 Å². The summed E-state index contributed by atoms with van der Waals surface area (Å²) in [7, 11) is -3.92. The van der Waals surface area contributed by atoms with Crippen molar-refractivity contribution in [3.63, 3.8) is 0 Å². The van der Waals surface area contributed by atoms with Crippen molar-refractivity contribution in [2.45, 2.75) is 24.7 Å². The molecule has 108 valence electrons. The third kappa shape index (κ3) is 4.77. The predicted octanol–water partition coefficient (Wildman–Crippen LogP) is 1.50. The van der Waals surface area contributed by atoms with E-state index >= 15 is 0 Å². The fourth-order valence-corrected chi connectivity index (χ4v) is 2.77. The predicted molar refractivity (Wildman–Crippen MR) is 71.7 cm³/mol. The van der Waals surface area contributed by atoms with Crippen LogP contribution in [0.1, 0.15) is 19.8 Å². The van der Waals surface area contributed by atoms with E-state index in [9.17, 15) is 12.8 Å². The van der Waals surface area contributed by atoms with Gasteiger partial charge in [0.15, 0.2) is 0 Å². The van der Waals surface area contributed by atoms with Gasteiger partial charge < -0.3 is 10.5 Å². The molecule has 3 N–H and O–H groups in total. The molecule has 1 aromatic rings. The number of rotatable bonds is 8. The van der Waals surface area contributed by atoms with Crippen molar-refractivity contribution in [3.05, 3.63) is 24.0 Å². The minimum absolute atomic E-state index is 0.102. The molecule has 0 amide bonds. The van der Waals surface area contributed by atoms with Crippen molar-refractivity contribution in [2.75, 3.05) is 25.5 Å². The second kappa shape index (κ2) is 7.42. The van der Waals surface area contributed by atoms with Crippen LogP contribution in [0.4, 0.5) is 10.1 Å². The highest BCUT2D eigenvalue weighted by Gasteiger charge is 2.21. The second-order valence-electron chi connectivity index (χ2n) is 4.02. The van der Waals surface area contributed by atoms with Gasteiger partial charge in [0.2, 0.25) is 10.0 Å². The number of ether oxygens (including phenoxy) is 1. The molecule has 1 aromatic carbocycles. The van der Waals surface area contributed by atoms with Gasteiger partial charge in [-0.2, -0.15) is 0 Å². The van der Waals surface area contributed by atoms with Crippen molar-refractivity contribution in [2.24, 2.45) is 0 Å². The Morgan fingerprint density at radius 2 is 2.11 bits per heavy atom. The third-order valence-electron chi connectivity index (χ3n) is 2.37. The molecule has 0 radical (unpaired) electrons. The van der Waals surface area contributed by atoms with Gasteiger partial charge in [0, 0.05) is 19.8 Å². The summed E-state index contributed by atoms with van der Waals surface area (Å²) in [5.41, 5.74) is 5.39. The lowest BCUT2D eigenvalue weighted by Gasteiger charge is -2.10. The normalized spacial score (nSPS) is 11.7. The topological polar surface area (TPSA) is 81.4 Å². The SMILES string of the molecule is CCCOCCCNS(=O)(=O)c1c(N)cccc1F. The van der Waals surface area contributed by atoms with E-state index in [0.717, 1.165) is 12.5 Å². The number of anilines is 1. The molecule has 0 saturated carbocycles. The first kappa shape index (κ1) is 15.9. The van der Waals surface area contributed by atoms with E-state index in [1.165, 1.54) is 12.1 Å². The van der Waals surface area contributed by atoms with Gasteiger partial charge in [0.25, 0.3) is 0 Å². The Bertz CT molecular complexity index is 485. The Labute approximate surface area is 113 Å². The van der Waals surface area contributed by atoms with E-state index in [4.69, 9.17) is 10.5 Å². The molecule has 7 heteroatoms. The monoisotopic (exact) mass is 290 g/mol. The fraction of sp³-hybridized carbons (Fsp3) is 0.500. The van der Waals surface area contributed by atoms with Crippen LogP contribution in [0.2, 0.25) is 0 Å². The highest BCUT2D eigenvalue weighted by Crippen LogP contribution is 2.21. The molecular weight excluding hydrogens is 271 g/mol. The number of sulfonamides is 1. The highest BCUT2D eigenvalue weighted by molar-refractivity contribution is 7.89. The summed E-state index contributed by atoms with van der Waals surface area (Å²) in [5, 5.41) is 0. The van der Waals surface area contributed by atoms with Gasteiger partial charge in [-0.1, -0.05) is 13.0 Å². The average Bonchev–Trinajstić information content (AvgIpc) is 2.33. The summed E-state index contributed by atoms with van der Waals surface area (Å²) in [6.07, 6.45) is 1.44. The van der Waals surface area contributed by atoms with Crippen molar-refractivity contribution in [1.29, 1.82) is 0 Å². The molecule has 0 aliphatic carbocycles. The van der Waals surface area contributed by atoms with Crippen LogP contribution in [0.5, 0.6) is 0 Å². The zero-order valence-electron chi connectivity index (χ0n) is 10.9. The van der Waals surface area contributed by atoms with Crippen LogP contribution in [-0.4, -0.2) is 28.2 Å². The van der Waals surface area contributed by atoms with Crippen LogP contribution in [0.25, 0.3) is 0 Å².